The Hall–Kier alpha value is -1.66. The second-order valence-electron chi connectivity index (χ2n) is 5.40. The van der Waals surface area contributed by atoms with Crippen LogP contribution in [0.1, 0.15) is 12.0 Å². The molecule has 0 saturated carbocycles. The largest absolute Gasteiger partial charge is 0.497 e. The summed E-state index contributed by atoms with van der Waals surface area (Å²) in [5.41, 5.74) is 2.07. The third kappa shape index (κ3) is 3.16. The van der Waals surface area contributed by atoms with E-state index in [-0.39, 0.29) is 6.04 Å². The molecule has 1 fully saturated rings. The lowest BCUT2D eigenvalue weighted by atomic mass is 10.1. The number of hydrogen-bond acceptors (Lipinski definition) is 5. The van der Waals surface area contributed by atoms with Crippen LogP contribution < -0.4 is 10.1 Å². The Morgan fingerprint density at radius 1 is 1.48 bits per heavy atom. The van der Waals surface area contributed by atoms with Gasteiger partial charge in [0.1, 0.15) is 5.75 Å². The molecule has 6 heteroatoms. The first-order chi connectivity index (χ1) is 10.1. The SMILES string of the molecule is COc1ccc2c(CNC3CCS(=N)(=O)C3)ccnc2c1. The van der Waals surface area contributed by atoms with Crippen molar-refractivity contribution in [2.75, 3.05) is 18.6 Å². The van der Waals surface area contributed by atoms with E-state index in [1.165, 1.54) is 0 Å². The summed E-state index contributed by atoms with van der Waals surface area (Å²) in [6.07, 6.45) is 2.61. The van der Waals surface area contributed by atoms with Crippen LogP contribution in [0.3, 0.4) is 0 Å². The third-order valence-electron chi connectivity index (χ3n) is 3.89. The Morgan fingerprint density at radius 2 is 2.33 bits per heavy atom. The van der Waals surface area contributed by atoms with Crippen molar-refractivity contribution in [1.29, 1.82) is 4.78 Å². The molecular formula is C15H19N3O2S. The van der Waals surface area contributed by atoms with Crippen molar-refractivity contribution in [2.24, 2.45) is 0 Å². The number of benzene rings is 1. The minimum Gasteiger partial charge on any atom is -0.497 e. The molecule has 2 atom stereocenters. The molecule has 0 aliphatic carbocycles. The second-order valence-corrected chi connectivity index (χ2v) is 7.77. The Morgan fingerprint density at radius 3 is 3.05 bits per heavy atom. The van der Waals surface area contributed by atoms with Crippen molar-refractivity contribution in [1.82, 2.24) is 10.3 Å². The lowest BCUT2D eigenvalue weighted by molar-refractivity contribution is 0.415. The van der Waals surface area contributed by atoms with E-state index in [2.05, 4.69) is 10.3 Å². The summed E-state index contributed by atoms with van der Waals surface area (Å²) in [5, 5.41) is 4.51. The van der Waals surface area contributed by atoms with Gasteiger partial charge in [0, 0.05) is 51.5 Å². The maximum Gasteiger partial charge on any atom is 0.121 e. The molecule has 0 bridgehead atoms. The van der Waals surface area contributed by atoms with Gasteiger partial charge in [-0.3, -0.25) is 9.76 Å². The Labute approximate surface area is 124 Å². The van der Waals surface area contributed by atoms with Crippen molar-refractivity contribution in [3.05, 3.63) is 36.0 Å². The fraction of sp³-hybridized carbons (Fsp3) is 0.400. The highest BCUT2D eigenvalue weighted by Crippen LogP contribution is 2.22. The summed E-state index contributed by atoms with van der Waals surface area (Å²) in [6, 6.07) is 8.04. The predicted octanol–water partition coefficient (Wildman–Crippen LogP) is 2.15. The smallest absolute Gasteiger partial charge is 0.121 e. The van der Waals surface area contributed by atoms with Crippen LogP contribution in [0.25, 0.3) is 10.9 Å². The predicted molar refractivity (Wildman–Crippen MR) is 84.1 cm³/mol. The molecular weight excluding hydrogens is 286 g/mol. The number of pyridine rings is 1. The van der Waals surface area contributed by atoms with Crippen molar-refractivity contribution in [3.8, 4) is 5.75 Å². The number of nitrogens with one attached hydrogen (secondary N) is 2. The number of nitrogens with zero attached hydrogens (tertiary/aromatic N) is 1. The highest BCUT2D eigenvalue weighted by atomic mass is 32.2. The van der Waals surface area contributed by atoms with Crippen LogP contribution in [-0.4, -0.2) is 33.9 Å². The van der Waals surface area contributed by atoms with Gasteiger partial charge in [0.2, 0.25) is 0 Å². The summed E-state index contributed by atoms with van der Waals surface area (Å²) < 4.78 is 24.6. The van der Waals surface area contributed by atoms with Gasteiger partial charge in [-0.05, 0) is 30.2 Å². The van der Waals surface area contributed by atoms with E-state index in [1.54, 1.807) is 13.3 Å². The van der Waals surface area contributed by atoms with Gasteiger partial charge in [0.15, 0.2) is 0 Å². The Kier molecular flexibility index (Phi) is 3.82. The van der Waals surface area contributed by atoms with E-state index >= 15 is 0 Å². The molecule has 2 aromatic rings. The normalized spacial score (nSPS) is 25.3. The molecule has 2 unspecified atom stereocenters. The van der Waals surface area contributed by atoms with E-state index in [9.17, 15) is 4.21 Å². The van der Waals surface area contributed by atoms with Gasteiger partial charge < -0.3 is 10.1 Å². The first-order valence-corrected chi connectivity index (χ1v) is 8.86. The lowest BCUT2D eigenvalue weighted by Gasteiger charge is -2.13. The standard InChI is InChI=1S/C15H19N3O2S/c1-20-13-2-3-14-11(4-6-17-15(14)8-13)9-18-12-5-7-21(16,19)10-12/h2-4,6,8,12,16,18H,5,7,9-10H2,1H3. The van der Waals surface area contributed by atoms with Crippen LogP contribution in [0.4, 0.5) is 0 Å². The molecule has 3 rings (SSSR count). The summed E-state index contributed by atoms with van der Waals surface area (Å²) >= 11 is 0. The molecule has 2 N–H and O–H groups in total. The molecule has 0 spiro atoms. The highest BCUT2D eigenvalue weighted by molar-refractivity contribution is 7.92. The van der Waals surface area contributed by atoms with Gasteiger partial charge in [-0.25, -0.2) is 4.21 Å². The number of fused-ring (bicyclic) bond motifs is 1. The van der Waals surface area contributed by atoms with E-state index in [4.69, 9.17) is 9.52 Å². The fourth-order valence-corrected chi connectivity index (χ4v) is 4.47. The van der Waals surface area contributed by atoms with E-state index < -0.39 is 9.73 Å². The molecule has 0 amide bonds. The molecule has 0 radical (unpaired) electrons. The first kappa shape index (κ1) is 14.3. The van der Waals surface area contributed by atoms with Gasteiger partial charge in [-0.15, -0.1) is 0 Å². The highest BCUT2D eigenvalue weighted by Gasteiger charge is 2.24. The van der Waals surface area contributed by atoms with Crippen molar-refractivity contribution in [2.45, 2.75) is 19.0 Å². The number of rotatable bonds is 4. The zero-order valence-corrected chi connectivity index (χ0v) is 12.8. The summed E-state index contributed by atoms with van der Waals surface area (Å²) in [5.74, 6) is 1.77. The molecule has 5 nitrogen and oxygen atoms in total. The van der Waals surface area contributed by atoms with E-state index in [1.807, 2.05) is 24.3 Å². The summed E-state index contributed by atoms with van der Waals surface area (Å²) in [7, 11) is -0.699. The number of ether oxygens (including phenoxy) is 1. The zero-order chi connectivity index (χ0) is 14.9. The van der Waals surface area contributed by atoms with Crippen molar-refractivity contribution < 1.29 is 8.95 Å². The molecule has 1 aromatic carbocycles. The van der Waals surface area contributed by atoms with Crippen LogP contribution in [0.2, 0.25) is 0 Å². The number of methoxy groups -OCH3 is 1. The molecule has 112 valence electrons. The molecule has 2 heterocycles. The number of hydrogen-bond donors (Lipinski definition) is 2. The molecule has 1 aromatic heterocycles. The summed E-state index contributed by atoms with van der Waals surface area (Å²) in [6.45, 7) is 0.700. The van der Waals surface area contributed by atoms with Crippen molar-refractivity contribution in [3.63, 3.8) is 0 Å². The zero-order valence-electron chi connectivity index (χ0n) is 12.0. The first-order valence-electron chi connectivity index (χ1n) is 6.96. The summed E-state index contributed by atoms with van der Waals surface area (Å²) in [4.78, 5) is 4.37. The van der Waals surface area contributed by atoms with Crippen LogP contribution in [0.5, 0.6) is 5.75 Å². The van der Waals surface area contributed by atoms with E-state index in [0.717, 1.165) is 28.6 Å². The maximum absolute atomic E-state index is 11.7. The van der Waals surface area contributed by atoms with Crippen LogP contribution >= 0.6 is 0 Å². The van der Waals surface area contributed by atoms with Crippen LogP contribution in [0.15, 0.2) is 30.5 Å². The molecule has 1 aliphatic rings. The van der Waals surface area contributed by atoms with Gasteiger partial charge in [0.05, 0.1) is 12.6 Å². The van der Waals surface area contributed by atoms with Gasteiger partial charge in [-0.1, -0.05) is 0 Å². The molecule has 1 aliphatic heterocycles. The fourth-order valence-electron chi connectivity index (χ4n) is 2.71. The molecule has 21 heavy (non-hydrogen) atoms. The van der Waals surface area contributed by atoms with Gasteiger partial charge >= 0.3 is 0 Å². The molecule has 1 saturated heterocycles. The van der Waals surface area contributed by atoms with Crippen LogP contribution in [0, 0.1) is 4.78 Å². The topological polar surface area (TPSA) is 75.1 Å². The third-order valence-corrected chi connectivity index (χ3v) is 5.72. The second kappa shape index (κ2) is 5.61. The lowest BCUT2D eigenvalue weighted by Crippen LogP contribution is -2.29. The minimum atomic E-state index is -2.34. The monoisotopic (exact) mass is 305 g/mol. The maximum atomic E-state index is 11.7. The van der Waals surface area contributed by atoms with E-state index in [0.29, 0.717) is 18.1 Å². The Bertz CT molecular complexity index is 759. The average Bonchev–Trinajstić information content (AvgIpc) is 2.83. The van der Waals surface area contributed by atoms with Gasteiger partial charge in [-0.2, -0.15) is 0 Å². The quantitative estimate of drug-likeness (QED) is 0.907. The van der Waals surface area contributed by atoms with Crippen LogP contribution in [-0.2, 0) is 16.3 Å². The van der Waals surface area contributed by atoms with Crippen molar-refractivity contribution >= 4 is 20.6 Å². The minimum absolute atomic E-state index is 0.177. The average molecular weight is 305 g/mol. The van der Waals surface area contributed by atoms with Gasteiger partial charge in [0.25, 0.3) is 0 Å². The number of aromatic nitrogens is 1. The Balaban J connectivity index is 1.78.